The Morgan fingerprint density at radius 1 is 1.25 bits per heavy atom. The maximum atomic E-state index is 12.2. The zero-order valence-corrected chi connectivity index (χ0v) is 16.1. The van der Waals surface area contributed by atoms with Crippen molar-refractivity contribution in [3.05, 3.63) is 45.8 Å². The number of hydrogen-bond donors (Lipinski definition) is 1. The van der Waals surface area contributed by atoms with Crippen LogP contribution in [0.5, 0.6) is 0 Å². The van der Waals surface area contributed by atoms with E-state index < -0.39 is 10.0 Å². The molecule has 0 bridgehead atoms. The minimum absolute atomic E-state index is 0.116. The highest BCUT2D eigenvalue weighted by Crippen LogP contribution is 2.26. The van der Waals surface area contributed by atoms with Crippen LogP contribution in [0.2, 0.25) is 5.02 Å². The average Bonchev–Trinajstić information content (AvgIpc) is 2.94. The summed E-state index contributed by atoms with van der Waals surface area (Å²) in [6.45, 7) is 5.46. The van der Waals surface area contributed by atoms with Crippen molar-refractivity contribution in [1.29, 1.82) is 0 Å². The lowest BCUT2D eigenvalue weighted by Crippen LogP contribution is -2.37. The topological polar surface area (TPSA) is 66.5 Å². The molecule has 0 atom stereocenters. The second-order valence-corrected chi connectivity index (χ2v) is 9.01. The van der Waals surface area contributed by atoms with Gasteiger partial charge in [-0.3, -0.25) is 4.79 Å². The summed E-state index contributed by atoms with van der Waals surface area (Å²) in [5.41, 5.74) is 1.47. The zero-order valence-electron chi connectivity index (χ0n) is 13.7. The number of nitrogens with zero attached hydrogens (tertiary/aromatic N) is 1. The molecule has 0 aliphatic carbocycles. The van der Waals surface area contributed by atoms with Gasteiger partial charge < -0.3 is 4.90 Å². The number of rotatable bonds is 6. The first-order chi connectivity index (χ1) is 11.2. The molecule has 1 aromatic carbocycles. The van der Waals surface area contributed by atoms with Crippen LogP contribution in [0.4, 0.5) is 5.69 Å². The molecule has 1 aromatic heterocycles. The van der Waals surface area contributed by atoms with Crippen LogP contribution in [0.15, 0.2) is 34.5 Å². The monoisotopic (exact) mass is 386 g/mol. The van der Waals surface area contributed by atoms with Gasteiger partial charge in [0.2, 0.25) is 15.9 Å². The quantitative estimate of drug-likeness (QED) is 0.827. The molecule has 1 heterocycles. The second kappa shape index (κ2) is 7.65. The fraction of sp³-hybridized carbons (Fsp3) is 0.312. The standard InChI is InChI=1S/C16H19ClN2O3S2/c1-11-7-8-16(23-11)24(21,22)18-9-10-19(13(3)20)15-6-4-5-14(17)12(15)2/h4-8,18H,9-10H2,1-3H3. The van der Waals surface area contributed by atoms with E-state index in [2.05, 4.69) is 4.72 Å². The first-order valence-corrected chi connectivity index (χ1v) is 9.99. The molecule has 2 rings (SSSR count). The van der Waals surface area contributed by atoms with E-state index in [4.69, 9.17) is 11.6 Å². The van der Waals surface area contributed by atoms with Crippen molar-refractivity contribution < 1.29 is 13.2 Å². The number of benzene rings is 1. The Labute approximate surface area is 151 Å². The van der Waals surface area contributed by atoms with Gasteiger partial charge in [0.1, 0.15) is 4.21 Å². The molecular formula is C16H19ClN2O3S2. The normalized spacial score (nSPS) is 11.5. The minimum atomic E-state index is -3.56. The van der Waals surface area contributed by atoms with Gasteiger partial charge in [0.25, 0.3) is 0 Å². The van der Waals surface area contributed by atoms with Crippen molar-refractivity contribution in [2.24, 2.45) is 0 Å². The maximum absolute atomic E-state index is 12.2. The van der Waals surface area contributed by atoms with Crippen LogP contribution in [-0.4, -0.2) is 27.4 Å². The van der Waals surface area contributed by atoms with Crippen molar-refractivity contribution in [2.45, 2.75) is 25.0 Å². The molecular weight excluding hydrogens is 368 g/mol. The fourth-order valence-corrected chi connectivity index (χ4v) is 4.77. The van der Waals surface area contributed by atoms with Gasteiger partial charge in [-0.15, -0.1) is 11.3 Å². The molecule has 0 aliphatic rings. The molecule has 0 unspecified atom stereocenters. The SMILES string of the molecule is CC(=O)N(CCNS(=O)(=O)c1ccc(C)s1)c1cccc(Cl)c1C. The van der Waals surface area contributed by atoms with Crippen LogP contribution in [-0.2, 0) is 14.8 Å². The number of thiophene rings is 1. The minimum Gasteiger partial charge on any atom is -0.311 e. The summed E-state index contributed by atoms with van der Waals surface area (Å²) in [7, 11) is -3.56. The lowest BCUT2D eigenvalue weighted by Gasteiger charge is -2.23. The van der Waals surface area contributed by atoms with Gasteiger partial charge in [0.15, 0.2) is 0 Å². The molecule has 1 amide bonds. The molecule has 130 valence electrons. The van der Waals surface area contributed by atoms with Crippen molar-refractivity contribution >= 4 is 44.6 Å². The summed E-state index contributed by atoms with van der Waals surface area (Å²) >= 11 is 7.32. The molecule has 0 saturated heterocycles. The Morgan fingerprint density at radius 3 is 2.54 bits per heavy atom. The number of nitrogens with one attached hydrogen (secondary N) is 1. The van der Waals surface area contributed by atoms with Crippen LogP contribution in [0.3, 0.4) is 0 Å². The summed E-state index contributed by atoms with van der Waals surface area (Å²) in [4.78, 5) is 14.4. The molecule has 1 N–H and O–H groups in total. The molecule has 0 aliphatic heterocycles. The Hall–Kier alpha value is -1.41. The fourth-order valence-electron chi connectivity index (χ4n) is 2.26. The van der Waals surface area contributed by atoms with Crippen molar-refractivity contribution in [1.82, 2.24) is 4.72 Å². The summed E-state index contributed by atoms with van der Waals surface area (Å²) in [5, 5.41) is 0.563. The van der Waals surface area contributed by atoms with E-state index in [0.717, 1.165) is 10.4 Å². The van der Waals surface area contributed by atoms with E-state index in [1.807, 2.05) is 13.8 Å². The Morgan fingerprint density at radius 2 is 1.96 bits per heavy atom. The van der Waals surface area contributed by atoms with Crippen molar-refractivity contribution in [3.8, 4) is 0 Å². The number of amides is 1. The maximum Gasteiger partial charge on any atom is 0.250 e. The van der Waals surface area contributed by atoms with E-state index in [0.29, 0.717) is 10.7 Å². The number of aryl methyl sites for hydroxylation is 1. The highest BCUT2D eigenvalue weighted by molar-refractivity contribution is 7.91. The second-order valence-electron chi connectivity index (χ2n) is 5.32. The molecule has 5 nitrogen and oxygen atoms in total. The predicted molar refractivity (Wildman–Crippen MR) is 98.5 cm³/mol. The van der Waals surface area contributed by atoms with Crippen molar-refractivity contribution in [2.75, 3.05) is 18.0 Å². The van der Waals surface area contributed by atoms with Gasteiger partial charge >= 0.3 is 0 Å². The smallest absolute Gasteiger partial charge is 0.250 e. The Bertz CT molecular complexity index is 847. The number of hydrogen-bond acceptors (Lipinski definition) is 4. The molecule has 2 aromatic rings. The van der Waals surface area contributed by atoms with E-state index in [1.54, 1.807) is 30.3 Å². The first kappa shape index (κ1) is 18.9. The van der Waals surface area contributed by atoms with Crippen LogP contribution in [0.25, 0.3) is 0 Å². The Kier molecular flexibility index (Phi) is 6.03. The predicted octanol–water partition coefficient (Wildman–Crippen LogP) is 3.35. The molecule has 8 heteroatoms. The third-order valence-electron chi connectivity index (χ3n) is 3.52. The summed E-state index contributed by atoms with van der Waals surface area (Å²) in [6.07, 6.45) is 0. The van der Waals surface area contributed by atoms with E-state index in [1.165, 1.54) is 23.2 Å². The van der Waals surface area contributed by atoms with Gasteiger partial charge in [0.05, 0.1) is 0 Å². The largest absolute Gasteiger partial charge is 0.311 e. The van der Waals surface area contributed by atoms with Crippen LogP contribution in [0.1, 0.15) is 17.4 Å². The molecule has 0 fully saturated rings. The van der Waals surface area contributed by atoms with Gasteiger partial charge in [-0.05, 0) is 43.7 Å². The number of sulfonamides is 1. The number of halogens is 1. The van der Waals surface area contributed by atoms with Gasteiger partial charge in [-0.2, -0.15) is 0 Å². The highest BCUT2D eigenvalue weighted by Gasteiger charge is 2.19. The molecule has 0 spiro atoms. The van der Waals surface area contributed by atoms with Crippen LogP contribution >= 0.6 is 22.9 Å². The third-order valence-corrected chi connectivity index (χ3v) is 6.88. The Balaban J connectivity index is 2.10. The molecule has 24 heavy (non-hydrogen) atoms. The average molecular weight is 387 g/mol. The lowest BCUT2D eigenvalue weighted by atomic mass is 10.1. The zero-order chi connectivity index (χ0) is 17.9. The number of carbonyl (C=O) groups is 1. The highest BCUT2D eigenvalue weighted by atomic mass is 35.5. The molecule has 0 saturated carbocycles. The summed E-state index contributed by atoms with van der Waals surface area (Å²) in [6, 6.07) is 8.64. The van der Waals surface area contributed by atoms with E-state index in [-0.39, 0.29) is 23.2 Å². The van der Waals surface area contributed by atoms with Crippen LogP contribution < -0.4 is 9.62 Å². The van der Waals surface area contributed by atoms with Gasteiger partial charge in [0, 0.05) is 35.6 Å². The summed E-state index contributed by atoms with van der Waals surface area (Å²) in [5.74, 6) is -0.175. The van der Waals surface area contributed by atoms with E-state index in [9.17, 15) is 13.2 Å². The van der Waals surface area contributed by atoms with Gasteiger partial charge in [-0.25, -0.2) is 13.1 Å². The van der Waals surface area contributed by atoms with E-state index >= 15 is 0 Å². The molecule has 0 radical (unpaired) electrons. The van der Waals surface area contributed by atoms with Crippen molar-refractivity contribution in [3.63, 3.8) is 0 Å². The van der Waals surface area contributed by atoms with Gasteiger partial charge in [-0.1, -0.05) is 17.7 Å². The first-order valence-electron chi connectivity index (χ1n) is 7.31. The summed E-state index contributed by atoms with van der Waals surface area (Å²) < 4.78 is 27.3. The number of carbonyl (C=O) groups excluding carboxylic acids is 1. The third kappa shape index (κ3) is 4.36. The van der Waals surface area contributed by atoms with Crippen LogP contribution in [0, 0.1) is 13.8 Å². The lowest BCUT2D eigenvalue weighted by molar-refractivity contribution is -0.116. The number of anilines is 1.